The summed E-state index contributed by atoms with van der Waals surface area (Å²) in [6.07, 6.45) is 7.41. The van der Waals surface area contributed by atoms with E-state index in [0.29, 0.717) is 23.6 Å². The molecule has 2 aromatic carbocycles. The summed E-state index contributed by atoms with van der Waals surface area (Å²) < 4.78 is 0. The Labute approximate surface area is 208 Å². The molecule has 2 spiro atoms. The Morgan fingerprint density at radius 1 is 1.09 bits per heavy atom. The fraction of sp³-hybridized carbons (Fsp3) is 0.581. The molecule has 2 bridgehead atoms. The van der Waals surface area contributed by atoms with Crippen LogP contribution in [0.25, 0.3) is 0 Å². The van der Waals surface area contributed by atoms with Crippen LogP contribution >= 0.6 is 0 Å². The molecule has 7 atom stereocenters. The van der Waals surface area contributed by atoms with E-state index < -0.39 is 0 Å². The third-order valence-electron chi connectivity index (χ3n) is 11.6. The normalized spacial score (nSPS) is 42.2. The molecular formula is C31H36N2O2. The zero-order valence-corrected chi connectivity index (χ0v) is 20.9. The summed E-state index contributed by atoms with van der Waals surface area (Å²) in [7, 11) is 2.04. The second kappa shape index (κ2) is 6.51. The first-order valence-electron chi connectivity index (χ1n) is 13.8. The van der Waals surface area contributed by atoms with Crippen LogP contribution in [0, 0.1) is 28.6 Å². The number of phenols is 1. The number of hydrogen-bond acceptors (Lipinski definition) is 3. The first-order chi connectivity index (χ1) is 16.9. The lowest BCUT2D eigenvalue weighted by Gasteiger charge is -2.84. The number of carbonyl (C=O) groups is 1. The summed E-state index contributed by atoms with van der Waals surface area (Å²) in [6, 6.07) is 16.9. The predicted octanol–water partition coefficient (Wildman–Crippen LogP) is 4.86. The van der Waals surface area contributed by atoms with Gasteiger partial charge in [0.25, 0.3) is 5.91 Å². The highest BCUT2D eigenvalue weighted by atomic mass is 16.3. The molecule has 6 unspecified atom stereocenters. The number of rotatable bonds is 4. The molecule has 0 radical (unpaired) electrons. The Hall–Kier alpha value is -2.33. The maximum absolute atomic E-state index is 13.6. The molecule has 4 heteroatoms. The maximum Gasteiger partial charge on any atom is 0.253 e. The molecule has 1 saturated heterocycles. The molecule has 35 heavy (non-hydrogen) atoms. The average Bonchev–Trinajstić information content (AvgIpc) is 3.60. The van der Waals surface area contributed by atoms with E-state index in [1.165, 1.54) is 49.9 Å². The van der Waals surface area contributed by atoms with Crippen molar-refractivity contribution in [3.05, 3.63) is 65.2 Å². The number of benzene rings is 2. The summed E-state index contributed by atoms with van der Waals surface area (Å²) in [5, 5.41) is 11.4. The van der Waals surface area contributed by atoms with Gasteiger partial charge in [0.2, 0.25) is 0 Å². The molecule has 1 aliphatic heterocycles. The van der Waals surface area contributed by atoms with Gasteiger partial charge in [-0.05, 0) is 85.5 Å². The van der Waals surface area contributed by atoms with Crippen LogP contribution in [0.3, 0.4) is 0 Å². The van der Waals surface area contributed by atoms with E-state index in [1.807, 2.05) is 49.5 Å². The van der Waals surface area contributed by atoms with E-state index in [2.05, 4.69) is 22.8 Å². The van der Waals surface area contributed by atoms with Crippen molar-refractivity contribution in [3.8, 4) is 5.75 Å². The standard InChI is InChI=1S/C31H36N2O2/c1-19-15-29-14-13-23(32(2)27(35)21-7-4-3-5-8-21)25(19)31(29)26-22(9-6-10-24(26)34)16-30(31)18-33(28(29)30)17-20-11-12-20/h3-10,19-20,23,25,28,34H,11-18H2,1-2H3/t19-,23?,25?,28?,29?,30?,31?/m0/s1. The molecule has 4 saturated carbocycles. The lowest BCUT2D eigenvalue weighted by molar-refractivity contribution is -0.324. The van der Waals surface area contributed by atoms with Crippen molar-refractivity contribution in [3.63, 3.8) is 0 Å². The average molecular weight is 469 g/mol. The predicted molar refractivity (Wildman–Crippen MR) is 135 cm³/mol. The van der Waals surface area contributed by atoms with Crippen LogP contribution < -0.4 is 0 Å². The van der Waals surface area contributed by atoms with Gasteiger partial charge in [-0.1, -0.05) is 37.3 Å². The molecule has 2 aromatic rings. The molecule has 182 valence electrons. The zero-order chi connectivity index (χ0) is 23.7. The Balaban J connectivity index is 1.26. The van der Waals surface area contributed by atoms with Crippen LogP contribution in [0.5, 0.6) is 5.75 Å². The highest BCUT2D eigenvalue weighted by molar-refractivity contribution is 5.94. The number of nitrogens with zero attached hydrogens (tertiary/aromatic N) is 2. The van der Waals surface area contributed by atoms with Crippen LogP contribution in [0.4, 0.5) is 0 Å². The van der Waals surface area contributed by atoms with Crippen LogP contribution in [0.2, 0.25) is 0 Å². The number of amides is 1. The first kappa shape index (κ1) is 20.8. The van der Waals surface area contributed by atoms with E-state index in [1.54, 1.807) is 0 Å². The molecule has 1 N–H and O–H groups in total. The number of phenolic OH excluding ortho intramolecular Hbond substituents is 1. The largest absolute Gasteiger partial charge is 0.508 e. The van der Waals surface area contributed by atoms with Crippen molar-refractivity contribution in [1.29, 1.82) is 0 Å². The summed E-state index contributed by atoms with van der Waals surface area (Å²) in [5.74, 6) is 2.52. The van der Waals surface area contributed by atoms with Crippen LogP contribution in [-0.4, -0.2) is 53.0 Å². The van der Waals surface area contributed by atoms with Gasteiger partial charge >= 0.3 is 0 Å². The Kier molecular flexibility index (Phi) is 3.87. The van der Waals surface area contributed by atoms with Crippen molar-refractivity contribution in [1.82, 2.24) is 9.80 Å². The van der Waals surface area contributed by atoms with Gasteiger partial charge in [0.15, 0.2) is 0 Å². The van der Waals surface area contributed by atoms with Crippen molar-refractivity contribution in [2.45, 2.75) is 62.9 Å². The minimum Gasteiger partial charge on any atom is -0.508 e. The van der Waals surface area contributed by atoms with Crippen LogP contribution in [-0.2, 0) is 11.8 Å². The van der Waals surface area contributed by atoms with E-state index in [4.69, 9.17) is 0 Å². The minimum absolute atomic E-state index is 0.0129. The molecule has 1 heterocycles. The fourth-order valence-corrected chi connectivity index (χ4v) is 11.0. The summed E-state index contributed by atoms with van der Waals surface area (Å²) in [5.41, 5.74) is 3.96. The van der Waals surface area contributed by atoms with Crippen molar-refractivity contribution >= 4 is 5.91 Å². The van der Waals surface area contributed by atoms with E-state index in [-0.39, 0.29) is 28.2 Å². The van der Waals surface area contributed by atoms with E-state index in [0.717, 1.165) is 24.3 Å². The van der Waals surface area contributed by atoms with Crippen molar-refractivity contribution in [2.24, 2.45) is 28.6 Å². The second-order valence-corrected chi connectivity index (χ2v) is 13.0. The Morgan fingerprint density at radius 2 is 1.89 bits per heavy atom. The van der Waals surface area contributed by atoms with Gasteiger partial charge in [0, 0.05) is 54.2 Å². The molecule has 5 fully saturated rings. The number of likely N-dealkylation sites (tertiary alicyclic amines) is 1. The summed E-state index contributed by atoms with van der Waals surface area (Å²) in [4.78, 5) is 18.6. The molecular weight excluding hydrogens is 432 g/mol. The van der Waals surface area contributed by atoms with Gasteiger partial charge in [-0.2, -0.15) is 0 Å². The summed E-state index contributed by atoms with van der Waals surface area (Å²) in [6.45, 7) is 4.91. The van der Waals surface area contributed by atoms with Gasteiger partial charge in [0.1, 0.15) is 5.75 Å². The van der Waals surface area contributed by atoms with Crippen LogP contribution in [0.15, 0.2) is 48.5 Å². The van der Waals surface area contributed by atoms with Crippen molar-refractivity contribution < 1.29 is 9.90 Å². The number of carbonyl (C=O) groups excluding carboxylic acids is 1. The molecule has 0 aromatic heterocycles. The van der Waals surface area contributed by atoms with Gasteiger partial charge in [-0.15, -0.1) is 0 Å². The topological polar surface area (TPSA) is 43.8 Å². The van der Waals surface area contributed by atoms with E-state index in [9.17, 15) is 9.90 Å². The molecule has 5 aliphatic carbocycles. The second-order valence-electron chi connectivity index (χ2n) is 13.0. The molecule has 6 aliphatic rings. The molecule has 4 nitrogen and oxygen atoms in total. The highest BCUT2D eigenvalue weighted by Gasteiger charge is 2.92. The first-order valence-corrected chi connectivity index (χ1v) is 13.8. The Morgan fingerprint density at radius 3 is 2.66 bits per heavy atom. The minimum atomic E-state index is 0.0129. The van der Waals surface area contributed by atoms with Gasteiger partial charge in [0.05, 0.1) is 0 Å². The smallest absolute Gasteiger partial charge is 0.253 e. The monoisotopic (exact) mass is 468 g/mol. The zero-order valence-electron chi connectivity index (χ0n) is 20.9. The van der Waals surface area contributed by atoms with Gasteiger partial charge < -0.3 is 10.0 Å². The lowest BCUT2D eigenvalue weighted by Crippen LogP contribution is -2.91. The highest BCUT2D eigenvalue weighted by Crippen LogP contribution is 2.89. The van der Waals surface area contributed by atoms with Crippen molar-refractivity contribution in [2.75, 3.05) is 20.1 Å². The van der Waals surface area contributed by atoms with Gasteiger partial charge in [-0.3, -0.25) is 9.69 Å². The van der Waals surface area contributed by atoms with Crippen LogP contribution in [0.1, 0.15) is 60.5 Å². The number of piperidine rings is 1. The quantitative estimate of drug-likeness (QED) is 0.697. The van der Waals surface area contributed by atoms with E-state index >= 15 is 0 Å². The van der Waals surface area contributed by atoms with Gasteiger partial charge in [-0.25, -0.2) is 0 Å². The number of fused-ring (bicyclic) bond motifs is 1. The third-order valence-corrected chi connectivity index (χ3v) is 11.6. The summed E-state index contributed by atoms with van der Waals surface area (Å²) >= 11 is 0. The number of hydrogen-bond donors (Lipinski definition) is 1. The number of aromatic hydroxyl groups is 1. The fourth-order valence-electron chi connectivity index (χ4n) is 11.0. The Bertz CT molecular complexity index is 1240. The molecule has 8 rings (SSSR count). The SMILES string of the molecule is C[C@H]1CC23CCC(N(C)C(=O)c4ccccc4)C1C21c2c(O)cccc2CC12CN(CC1CC1)C32. The lowest BCUT2D eigenvalue weighted by atomic mass is 9.26. The third kappa shape index (κ3) is 2.16. The molecule has 1 amide bonds. The maximum atomic E-state index is 13.6.